The summed E-state index contributed by atoms with van der Waals surface area (Å²) in [5, 5.41) is 26.4. The van der Waals surface area contributed by atoms with Crippen LogP contribution in [-0.2, 0) is 63.6 Å². The van der Waals surface area contributed by atoms with Crippen LogP contribution in [0, 0.1) is 11.8 Å². The molecule has 0 aliphatic carbocycles. The number of rotatable bonds is 26. The molecule has 2 aromatic carbocycles. The largest absolute Gasteiger partial charge is 0.495 e. The number of morpholine rings is 1. The summed E-state index contributed by atoms with van der Waals surface area (Å²) in [6.45, 7) is 17.2. The minimum atomic E-state index is -1.93. The summed E-state index contributed by atoms with van der Waals surface area (Å²) >= 11 is 10.1. The lowest BCUT2D eigenvalue weighted by Crippen LogP contribution is -2.63. The van der Waals surface area contributed by atoms with Crippen LogP contribution >= 0.6 is 27.5 Å². The quantitative estimate of drug-likeness (QED) is 0.0112. The number of nitrogens with two attached hydrogens (primary N) is 1. The fourth-order valence-corrected chi connectivity index (χ4v) is 12.0. The highest BCUT2D eigenvalue weighted by Gasteiger charge is 2.64. The van der Waals surface area contributed by atoms with Crippen molar-refractivity contribution in [2.45, 2.75) is 166 Å². The number of carbonyl (C=O) groups excluding carboxylic acids is 9. The molecule has 8 N–H and O–H groups in total. The Morgan fingerprint density at radius 2 is 1.73 bits per heavy atom. The number of anilines is 3. The number of benzene rings is 2. The Bertz CT molecular complexity index is 3130. The zero-order valence-corrected chi connectivity index (χ0v) is 57.1. The van der Waals surface area contributed by atoms with Gasteiger partial charge in [-0.3, -0.25) is 29.8 Å². The van der Waals surface area contributed by atoms with Crippen LogP contribution in [0.1, 0.15) is 109 Å². The fourth-order valence-electron chi connectivity index (χ4n) is 11.5. The van der Waals surface area contributed by atoms with Gasteiger partial charge in [-0.05, 0) is 108 Å². The third-order valence-electron chi connectivity index (χ3n) is 17.3. The molecule has 0 radical (unpaired) electrons. The number of epoxide rings is 1. The number of alkyl halides is 1. The average Bonchev–Trinajstić information content (AvgIpc) is 1.58. The van der Waals surface area contributed by atoms with Gasteiger partial charge in [-0.2, -0.15) is 0 Å². The Kier molecular flexibility index (Phi) is 27.2. The van der Waals surface area contributed by atoms with Crippen molar-refractivity contribution in [1.82, 2.24) is 26.2 Å². The Hall–Kier alpha value is -7.14. The van der Waals surface area contributed by atoms with Crippen LogP contribution in [0.3, 0.4) is 0 Å². The number of hydrogen-bond acceptors (Lipinski definition) is 19. The lowest BCUT2D eigenvalue weighted by atomic mass is 9.83. The van der Waals surface area contributed by atoms with Gasteiger partial charge in [0.2, 0.25) is 17.7 Å². The van der Waals surface area contributed by atoms with Crippen LogP contribution in [0.5, 0.6) is 5.75 Å². The second-order valence-electron chi connectivity index (χ2n) is 24.6. The number of amides is 7. The molecule has 3 saturated heterocycles. The van der Waals surface area contributed by atoms with E-state index in [0.29, 0.717) is 75.4 Å². The number of nitrogens with one attached hydrogen (secondary N) is 5. The van der Waals surface area contributed by atoms with Crippen molar-refractivity contribution in [2.24, 2.45) is 17.6 Å². The number of methoxy groups -OCH3 is 2. The number of ether oxygens (including phenoxy) is 7. The third kappa shape index (κ3) is 19.7. The number of nitrogens with zero attached hydrogens (tertiary/aromatic N) is 3. The molecule has 12 atom stereocenters. The van der Waals surface area contributed by atoms with E-state index in [9.17, 15) is 48.3 Å². The predicted octanol–water partition coefficient (Wildman–Crippen LogP) is 5.77. The summed E-state index contributed by atoms with van der Waals surface area (Å²) in [5.41, 5.74) is 5.02. The molecule has 0 aromatic heterocycles. The number of primary amides is 1. The van der Waals surface area contributed by atoms with Gasteiger partial charge >= 0.3 is 24.1 Å². The lowest BCUT2D eigenvalue weighted by Gasteiger charge is -2.42. The van der Waals surface area contributed by atoms with Crippen molar-refractivity contribution >= 4 is 98.6 Å². The Morgan fingerprint density at radius 1 is 1.02 bits per heavy atom. The zero-order valence-electron chi connectivity index (χ0n) is 54.8. The minimum Gasteiger partial charge on any atom is -0.495 e. The molecule has 4 aliphatic heterocycles. The van der Waals surface area contributed by atoms with E-state index in [1.165, 1.54) is 57.2 Å². The Balaban J connectivity index is 1.24. The van der Waals surface area contributed by atoms with Gasteiger partial charge < -0.3 is 79.4 Å². The standard InChI is InChI=1S/C65H91BrClN9O17/c1-36(2)55(70-44(35-77)18-14-17-39(5)90-60(82)38(4)34-66)58(80)72-46(19-15-23-69-62(68)84)57(79)71-45-22-21-43(31-47(45)76-24-26-89-27-25-76)59(81)74(9)41(7)61(83)92-52-32-53(78)75(10)48-29-42(30-49(87-11)54(48)67)28-37(3)16-13-20-51(88-12)65(86)33-50(91-63(85)73-65)40(6)56-64(52,8)93-56/h13,16,20-22,29-31,35-36,39-41,44,46,50-52,55-56,70,86H,4,14-15,17-19,23-28,32-34H2,1-3,5-12H3,(H,71,79)(H,72,80)(H,73,85)(H3,68,69,84)/b20-13+,37-16+/t39?,40-,41+,44+,46+,50+,51-,52+,55+,56+,64+,65+/m1/s1. The van der Waals surface area contributed by atoms with Gasteiger partial charge in [0, 0.05) is 69.6 Å². The van der Waals surface area contributed by atoms with Crippen molar-refractivity contribution < 1.29 is 81.4 Å². The molecule has 7 amide bonds. The van der Waals surface area contributed by atoms with E-state index < -0.39 is 126 Å². The first-order valence-electron chi connectivity index (χ1n) is 31.1. The number of urea groups is 1. The molecule has 0 spiro atoms. The normalized spacial score (nSPS) is 24.9. The molecule has 4 heterocycles. The number of fused-ring (bicyclic) bond motifs is 5. The number of likely N-dealkylation sites (N-methyl/N-ethyl adjacent to an activating group) is 1. The maximum Gasteiger partial charge on any atom is 0.409 e. The number of hydrogen-bond donors (Lipinski definition) is 7. The van der Waals surface area contributed by atoms with E-state index in [0.717, 1.165) is 11.1 Å². The van der Waals surface area contributed by atoms with Crippen molar-refractivity contribution in [2.75, 3.05) is 81.6 Å². The van der Waals surface area contributed by atoms with Crippen molar-refractivity contribution in [3.05, 3.63) is 82.4 Å². The first-order chi connectivity index (χ1) is 44.0. The molecule has 1 unspecified atom stereocenters. The van der Waals surface area contributed by atoms with Crippen molar-refractivity contribution in [3.8, 4) is 5.75 Å². The average molecular weight is 1390 g/mol. The Labute approximate surface area is 556 Å². The molecule has 93 heavy (non-hydrogen) atoms. The first-order valence-corrected chi connectivity index (χ1v) is 32.6. The summed E-state index contributed by atoms with van der Waals surface area (Å²) in [4.78, 5) is 127. The van der Waals surface area contributed by atoms with Gasteiger partial charge in [0.15, 0.2) is 5.72 Å². The topological polar surface area (TPSA) is 338 Å². The number of alkyl carbamates (subject to hydrolysis) is 1. The Morgan fingerprint density at radius 3 is 2.38 bits per heavy atom. The fraction of sp³-hybridized carbons (Fsp3) is 0.585. The number of esters is 2. The molecule has 0 saturated carbocycles. The highest BCUT2D eigenvalue weighted by molar-refractivity contribution is 9.09. The maximum atomic E-state index is 14.7. The van der Waals surface area contributed by atoms with Crippen LogP contribution < -0.4 is 46.9 Å². The van der Waals surface area contributed by atoms with Crippen LogP contribution in [0.15, 0.2) is 66.3 Å². The highest BCUT2D eigenvalue weighted by Crippen LogP contribution is 2.49. The van der Waals surface area contributed by atoms with Gasteiger partial charge in [0.1, 0.15) is 53.1 Å². The summed E-state index contributed by atoms with van der Waals surface area (Å²) in [7, 11) is 5.81. The summed E-state index contributed by atoms with van der Waals surface area (Å²) in [6.07, 6.45) is 1.69. The third-order valence-corrected chi connectivity index (χ3v) is 18.4. The van der Waals surface area contributed by atoms with Crippen LogP contribution in [-0.4, -0.2) is 196 Å². The second kappa shape index (κ2) is 33.8. The molecule has 4 aliphatic rings. The van der Waals surface area contributed by atoms with E-state index in [1.807, 2.05) is 17.9 Å². The lowest BCUT2D eigenvalue weighted by molar-refractivity contribution is -0.158. The van der Waals surface area contributed by atoms with Gasteiger partial charge in [-0.15, -0.1) is 0 Å². The second-order valence-corrected chi connectivity index (χ2v) is 25.6. The van der Waals surface area contributed by atoms with Crippen LogP contribution in [0.25, 0.3) is 0 Å². The number of carbonyl (C=O) groups is 9. The number of aldehydes is 1. The molecular weight excluding hydrogens is 1290 g/mol. The number of halogens is 2. The van der Waals surface area contributed by atoms with E-state index >= 15 is 0 Å². The van der Waals surface area contributed by atoms with E-state index in [2.05, 4.69) is 49.1 Å². The molecule has 6 rings (SSSR count). The van der Waals surface area contributed by atoms with Crippen LogP contribution in [0.4, 0.5) is 26.7 Å². The van der Waals surface area contributed by atoms with Crippen molar-refractivity contribution in [1.29, 1.82) is 0 Å². The monoisotopic (exact) mass is 1380 g/mol. The van der Waals surface area contributed by atoms with Gasteiger partial charge in [0.05, 0.1) is 68.1 Å². The molecule has 2 aromatic rings. The first kappa shape index (κ1) is 74.9. The van der Waals surface area contributed by atoms with Gasteiger partial charge in [0.25, 0.3) is 5.91 Å². The molecule has 26 nitrogen and oxygen atoms in total. The smallest absolute Gasteiger partial charge is 0.409 e. The number of aliphatic hydroxyl groups is 1. The van der Waals surface area contributed by atoms with E-state index in [4.69, 9.17) is 50.5 Å². The van der Waals surface area contributed by atoms with Gasteiger partial charge in [-0.1, -0.05) is 78.7 Å². The molecule has 512 valence electrons. The maximum absolute atomic E-state index is 14.7. The number of allylic oxidation sites excluding steroid dienone is 3. The zero-order chi connectivity index (χ0) is 68.6. The molecular formula is C65H91BrClN9O17. The van der Waals surface area contributed by atoms with Gasteiger partial charge in [-0.25, -0.2) is 19.2 Å². The summed E-state index contributed by atoms with van der Waals surface area (Å²) in [6, 6.07) is 3.13. The predicted molar refractivity (Wildman–Crippen MR) is 351 cm³/mol. The highest BCUT2D eigenvalue weighted by atomic mass is 79.9. The summed E-state index contributed by atoms with van der Waals surface area (Å²) < 4.78 is 40.9. The van der Waals surface area contributed by atoms with Crippen LogP contribution in [0.2, 0.25) is 5.02 Å². The van der Waals surface area contributed by atoms with E-state index in [-0.39, 0.29) is 58.9 Å². The summed E-state index contributed by atoms with van der Waals surface area (Å²) in [5.74, 6) is -4.50. The minimum absolute atomic E-state index is 0.0390. The van der Waals surface area contributed by atoms with E-state index in [1.54, 1.807) is 65.0 Å². The molecule has 3 fully saturated rings. The molecule has 28 heteroatoms. The molecule has 4 bridgehead atoms. The van der Waals surface area contributed by atoms with Crippen molar-refractivity contribution in [3.63, 3.8) is 0 Å². The SMILES string of the molecule is C=C(CBr)C(=O)OC(C)CCC[C@@H](C=O)N[C@H](C(=O)N[C@@H](CCCNC(N)=O)C(=O)Nc1ccc(C(=O)N(C)[C@@H](C)C(=O)O[C@H]2CC(=O)N(C)c3cc(cc(OC)c3Cl)C/C(C)=C/C=C/[C@@H](OC)[C@@]3(O)C[C@H](OC(=O)N3)[C@@H](C)[C@@H]3O[C@@]23C)cc1N1CCOCC1)C(C)C.